The van der Waals surface area contributed by atoms with E-state index in [0.29, 0.717) is 11.3 Å². The largest absolute Gasteiger partial charge is 0.480 e. The Bertz CT molecular complexity index is 689. The van der Waals surface area contributed by atoms with Crippen LogP contribution < -0.4 is 5.32 Å². The molecule has 0 spiro atoms. The van der Waals surface area contributed by atoms with Crippen LogP contribution in [0.25, 0.3) is 11.3 Å². The van der Waals surface area contributed by atoms with Crippen LogP contribution in [0.2, 0.25) is 0 Å². The highest BCUT2D eigenvalue weighted by Gasteiger charge is 2.48. The first-order valence-electron chi connectivity index (χ1n) is 7.05. The van der Waals surface area contributed by atoms with Gasteiger partial charge in [0.05, 0.1) is 6.20 Å². The van der Waals surface area contributed by atoms with E-state index in [2.05, 4.69) is 10.3 Å². The van der Waals surface area contributed by atoms with Gasteiger partial charge in [-0.05, 0) is 37.8 Å². The number of benzene rings is 1. The fourth-order valence-corrected chi connectivity index (χ4v) is 2.44. The normalized spacial score (nSPS) is 16.8. The number of amides is 1. The Morgan fingerprint density at radius 2 is 2.00 bits per heavy atom. The highest BCUT2D eigenvalue weighted by molar-refractivity contribution is 5.98. The summed E-state index contributed by atoms with van der Waals surface area (Å²) in [4.78, 5) is 27.6. The number of nitrogens with zero attached hydrogens (tertiary/aromatic N) is 1. The van der Waals surface area contributed by atoms with E-state index in [-0.39, 0.29) is 11.8 Å². The van der Waals surface area contributed by atoms with Crippen molar-refractivity contribution in [3.63, 3.8) is 0 Å². The lowest BCUT2D eigenvalue weighted by Crippen LogP contribution is -2.54. The average molecular weight is 300 g/mol. The van der Waals surface area contributed by atoms with Gasteiger partial charge < -0.3 is 14.8 Å². The summed E-state index contributed by atoms with van der Waals surface area (Å²) >= 11 is 0. The zero-order chi connectivity index (χ0) is 15.7. The van der Waals surface area contributed by atoms with E-state index in [9.17, 15) is 14.7 Å². The molecule has 2 aromatic rings. The number of rotatable bonds is 5. The van der Waals surface area contributed by atoms with Crippen LogP contribution in [0.5, 0.6) is 0 Å². The third-order valence-corrected chi connectivity index (χ3v) is 4.08. The lowest BCUT2D eigenvalue weighted by molar-refractivity contribution is -0.144. The number of nitrogens with one attached hydrogen (secondary N) is 1. The minimum atomic E-state index is -1.21. The quantitative estimate of drug-likeness (QED) is 0.884. The summed E-state index contributed by atoms with van der Waals surface area (Å²) in [6.45, 7) is 1.56. The van der Waals surface area contributed by atoms with Crippen LogP contribution in [0.3, 0.4) is 0 Å². The monoisotopic (exact) mass is 300 g/mol. The van der Waals surface area contributed by atoms with Gasteiger partial charge >= 0.3 is 5.97 Å². The van der Waals surface area contributed by atoms with Gasteiger partial charge in [-0.2, -0.15) is 0 Å². The number of carbonyl (C=O) groups excluding carboxylic acids is 1. The van der Waals surface area contributed by atoms with Crippen molar-refractivity contribution in [1.29, 1.82) is 0 Å². The summed E-state index contributed by atoms with van der Waals surface area (Å²) < 4.78 is 5.18. The van der Waals surface area contributed by atoms with Gasteiger partial charge in [-0.25, -0.2) is 9.78 Å². The van der Waals surface area contributed by atoms with Crippen LogP contribution in [0, 0.1) is 5.92 Å². The standard InChI is InChI=1S/C16H16N2O4/c1-16(15(20)21,12-6-7-12)18-14(19)11-4-2-10(3-5-11)13-8-17-9-22-13/h2-5,8-9,12H,6-7H2,1H3,(H,18,19)(H,20,21). The zero-order valence-electron chi connectivity index (χ0n) is 12.1. The van der Waals surface area contributed by atoms with Crippen LogP contribution in [0.15, 0.2) is 41.3 Å². The van der Waals surface area contributed by atoms with Gasteiger partial charge in [0.25, 0.3) is 5.91 Å². The Morgan fingerprint density at radius 1 is 1.32 bits per heavy atom. The summed E-state index contributed by atoms with van der Waals surface area (Å²) in [6, 6.07) is 6.76. The fraction of sp³-hybridized carbons (Fsp3) is 0.312. The van der Waals surface area contributed by atoms with Crippen LogP contribution in [0.4, 0.5) is 0 Å². The highest BCUT2D eigenvalue weighted by atomic mass is 16.4. The minimum Gasteiger partial charge on any atom is -0.480 e. The van der Waals surface area contributed by atoms with Crippen LogP contribution in [0.1, 0.15) is 30.1 Å². The molecule has 3 rings (SSSR count). The second kappa shape index (κ2) is 5.29. The summed E-state index contributed by atoms with van der Waals surface area (Å²) in [5.41, 5.74) is 0.00867. The van der Waals surface area contributed by atoms with E-state index in [1.807, 2.05) is 0 Å². The summed E-state index contributed by atoms with van der Waals surface area (Å²) in [6.07, 6.45) is 4.58. The second-order valence-electron chi connectivity index (χ2n) is 5.68. The summed E-state index contributed by atoms with van der Waals surface area (Å²) in [5, 5.41) is 12.0. The van der Waals surface area contributed by atoms with Crippen molar-refractivity contribution in [2.24, 2.45) is 5.92 Å². The molecule has 1 aromatic carbocycles. The molecule has 0 radical (unpaired) electrons. The first-order chi connectivity index (χ1) is 10.5. The molecule has 1 unspecified atom stereocenters. The second-order valence-corrected chi connectivity index (χ2v) is 5.68. The maximum atomic E-state index is 12.3. The highest BCUT2D eigenvalue weighted by Crippen LogP contribution is 2.39. The lowest BCUT2D eigenvalue weighted by atomic mass is 9.95. The molecule has 1 atom stereocenters. The van der Waals surface area contributed by atoms with Gasteiger partial charge in [-0.3, -0.25) is 4.79 Å². The minimum absolute atomic E-state index is 0.00224. The molecule has 114 valence electrons. The van der Waals surface area contributed by atoms with Crippen LogP contribution in [-0.2, 0) is 4.79 Å². The molecule has 1 amide bonds. The molecule has 1 heterocycles. The van der Waals surface area contributed by atoms with Crippen molar-refractivity contribution < 1.29 is 19.1 Å². The van der Waals surface area contributed by atoms with Crippen molar-refractivity contribution in [2.75, 3.05) is 0 Å². The Kier molecular flexibility index (Phi) is 3.44. The van der Waals surface area contributed by atoms with E-state index in [1.165, 1.54) is 6.39 Å². The number of oxazole rings is 1. The average Bonchev–Trinajstić information content (AvgIpc) is 3.23. The Morgan fingerprint density at radius 3 is 2.50 bits per heavy atom. The van der Waals surface area contributed by atoms with Crippen molar-refractivity contribution in [3.05, 3.63) is 42.4 Å². The van der Waals surface area contributed by atoms with Crippen molar-refractivity contribution in [2.45, 2.75) is 25.3 Å². The number of hydrogen-bond donors (Lipinski definition) is 2. The van der Waals surface area contributed by atoms with Crippen molar-refractivity contribution in [1.82, 2.24) is 10.3 Å². The maximum absolute atomic E-state index is 12.3. The van der Waals surface area contributed by atoms with Gasteiger partial charge in [0.1, 0.15) is 5.54 Å². The van der Waals surface area contributed by atoms with Crippen LogP contribution >= 0.6 is 0 Å². The molecule has 6 heteroatoms. The van der Waals surface area contributed by atoms with E-state index in [0.717, 1.165) is 18.4 Å². The predicted octanol–water partition coefficient (Wildman–Crippen LogP) is 2.32. The van der Waals surface area contributed by atoms with Gasteiger partial charge in [0.2, 0.25) is 0 Å². The van der Waals surface area contributed by atoms with Crippen molar-refractivity contribution >= 4 is 11.9 Å². The number of hydrogen-bond acceptors (Lipinski definition) is 4. The Labute approximate surface area is 127 Å². The number of aromatic nitrogens is 1. The van der Waals surface area contributed by atoms with Crippen molar-refractivity contribution in [3.8, 4) is 11.3 Å². The molecule has 1 aliphatic rings. The summed E-state index contributed by atoms with van der Waals surface area (Å²) in [5.74, 6) is -0.773. The number of aliphatic carboxylic acids is 1. The molecule has 0 saturated heterocycles. The topological polar surface area (TPSA) is 92.4 Å². The van der Waals surface area contributed by atoms with Crippen LogP contribution in [-0.4, -0.2) is 27.5 Å². The Balaban J connectivity index is 1.76. The third-order valence-electron chi connectivity index (χ3n) is 4.08. The molecule has 6 nitrogen and oxygen atoms in total. The lowest BCUT2D eigenvalue weighted by Gasteiger charge is -2.26. The van der Waals surface area contributed by atoms with Gasteiger partial charge in [0.15, 0.2) is 12.2 Å². The number of carbonyl (C=O) groups is 2. The van der Waals surface area contributed by atoms with E-state index < -0.39 is 11.5 Å². The molecule has 1 saturated carbocycles. The predicted molar refractivity (Wildman–Crippen MR) is 78.2 cm³/mol. The van der Waals surface area contributed by atoms with E-state index in [4.69, 9.17) is 4.42 Å². The molecule has 0 bridgehead atoms. The van der Waals surface area contributed by atoms with E-state index >= 15 is 0 Å². The number of carboxylic acids is 1. The molecule has 22 heavy (non-hydrogen) atoms. The molecule has 0 aliphatic heterocycles. The van der Waals surface area contributed by atoms with E-state index in [1.54, 1.807) is 37.4 Å². The zero-order valence-corrected chi connectivity index (χ0v) is 12.1. The Hall–Kier alpha value is -2.63. The van der Waals surface area contributed by atoms with Gasteiger partial charge in [0, 0.05) is 11.1 Å². The first kappa shape index (κ1) is 14.3. The fourth-order valence-electron chi connectivity index (χ4n) is 2.44. The van der Waals surface area contributed by atoms with Gasteiger partial charge in [-0.15, -0.1) is 0 Å². The molecule has 1 fully saturated rings. The molecular weight excluding hydrogens is 284 g/mol. The first-order valence-corrected chi connectivity index (χ1v) is 7.05. The number of carboxylic acid groups (broad SMARTS) is 1. The molecule has 1 aliphatic carbocycles. The third kappa shape index (κ3) is 2.59. The molecule has 1 aromatic heterocycles. The molecular formula is C16H16N2O4. The van der Waals surface area contributed by atoms with Gasteiger partial charge in [-0.1, -0.05) is 12.1 Å². The smallest absolute Gasteiger partial charge is 0.329 e. The SMILES string of the molecule is CC(NC(=O)c1ccc(-c2cnco2)cc1)(C(=O)O)C1CC1. The summed E-state index contributed by atoms with van der Waals surface area (Å²) in [7, 11) is 0. The molecule has 2 N–H and O–H groups in total. The maximum Gasteiger partial charge on any atom is 0.329 e.